The molecule has 1 saturated heterocycles. The van der Waals surface area contributed by atoms with Gasteiger partial charge in [0.25, 0.3) is 0 Å². The number of nitrogens with zero attached hydrogens (tertiary/aromatic N) is 2. The summed E-state index contributed by atoms with van der Waals surface area (Å²) >= 11 is 0. The molecule has 7 heteroatoms. The zero-order valence-electron chi connectivity index (χ0n) is 13.2. The van der Waals surface area contributed by atoms with Gasteiger partial charge in [0.15, 0.2) is 0 Å². The average molecular weight is 348 g/mol. The fourth-order valence-corrected chi connectivity index (χ4v) is 3.89. The maximum atomic E-state index is 11.9. The van der Waals surface area contributed by atoms with Crippen LogP contribution in [0.4, 0.5) is 5.69 Å². The molecule has 1 aromatic carbocycles. The third kappa shape index (κ3) is 4.84. The van der Waals surface area contributed by atoms with Gasteiger partial charge in [-0.3, -0.25) is 4.90 Å². The number of likely N-dealkylation sites (tertiary alicyclic amines) is 1. The van der Waals surface area contributed by atoms with Gasteiger partial charge >= 0.3 is 0 Å². The Bertz CT molecular complexity index is 572. The highest BCUT2D eigenvalue weighted by atomic mass is 35.5. The number of hydrogen-bond acceptors (Lipinski definition) is 4. The van der Waals surface area contributed by atoms with Gasteiger partial charge in [0.2, 0.25) is 10.0 Å². The Morgan fingerprint density at radius 1 is 1.32 bits per heavy atom. The smallest absolute Gasteiger partial charge is 0.213 e. The van der Waals surface area contributed by atoms with E-state index in [0.29, 0.717) is 0 Å². The molecule has 2 N–H and O–H groups in total. The molecule has 0 aromatic heterocycles. The lowest BCUT2D eigenvalue weighted by atomic mass is 10.0. The first-order valence-corrected chi connectivity index (χ1v) is 9.06. The molecule has 1 heterocycles. The van der Waals surface area contributed by atoms with Crippen LogP contribution in [0.25, 0.3) is 0 Å². The van der Waals surface area contributed by atoms with E-state index in [1.165, 1.54) is 5.56 Å². The van der Waals surface area contributed by atoms with Crippen LogP contribution in [0.1, 0.15) is 25.3 Å². The SMILES string of the molecule is CCS(=O)(=O)N(C)C1CCN(Cc2cccc(N)c2)CC1.Cl. The van der Waals surface area contributed by atoms with E-state index in [9.17, 15) is 8.42 Å². The summed E-state index contributed by atoms with van der Waals surface area (Å²) in [4.78, 5) is 2.36. The Labute approximate surface area is 139 Å². The lowest BCUT2D eigenvalue weighted by Gasteiger charge is -2.36. The number of nitrogens with two attached hydrogens (primary N) is 1. The number of piperidine rings is 1. The number of rotatable bonds is 5. The molecule has 1 fully saturated rings. The van der Waals surface area contributed by atoms with Crippen LogP contribution in [0.2, 0.25) is 0 Å². The Balaban J connectivity index is 0.00000242. The molecule has 0 saturated carbocycles. The minimum atomic E-state index is -3.08. The molecule has 0 amide bonds. The van der Waals surface area contributed by atoms with Crippen molar-refractivity contribution in [3.05, 3.63) is 29.8 Å². The summed E-state index contributed by atoms with van der Waals surface area (Å²) < 4.78 is 25.4. The molecule has 0 bridgehead atoms. The van der Waals surface area contributed by atoms with Crippen molar-refractivity contribution in [1.82, 2.24) is 9.21 Å². The van der Waals surface area contributed by atoms with E-state index < -0.39 is 10.0 Å². The quantitative estimate of drug-likeness (QED) is 0.826. The molecule has 1 aliphatic heterocycles. The molecule has 0 spiro atoms. The molecule has 1 aliphatic rings. The van der Waals surface area contributed by atoms with Crippen LogP contribution in [-0.2, 0) is 16.6 Å². The molecule has 0 unspecified atom stereocenters. The molecule has 0 aliphatic carbocycles. The van der Waals surface area contributed by atoms with Crippen LogP contribution >= 0.6 is 12.4 Å². The predicted octanol–water partition coefficient (Wildman–Crippen LogP) is 1.94. The lowest BCUT2D eigenvalue weighted by molar-refractivity contribution is 0.164. The zero-order valence-corrected chi connectivity index (χ0v) is 14.9. The fourth-order valence-electron chi connectivity index (χ4n) is 2.82. The second-order valence-corrected chi connectivity index (χ2v) is 7.99. The zero-order chi connectivity index (χ0) is 15.5. The first-order valence-electron chi connectivity index (χ1n) is 7.45. The molecule has 1 aromatic rings. The van der Waals surface area contributed by atoms with Crippen LogP contribution < -0.4 is 5.73 Å². The van der Waals surface area contributed by atoms with Gasteiger partial charge in [0, 0.05) is 38.4 Å². The molecule has 126 valence electrons. The van der Waals surface area contributed by atoms with Gasteiger partial charge in [-0.05, 0) is 37.5 Å². The second-order valence-electron chi connectivity index (χ2n) is 5.67. The van der Waals surface area contributed by atoms with Gasteiger partial charge in [0.1, 0.15) is 0 Å². The number of anilines is 1. The van der Waals surface area contributed by atoms with E-state index in [2.05, 4.69) is 11.0 Å². The Morgan fingerprint density at radius 3 is 2.50 bits per heavy atom. The summed E-state index contributed by atoms with van der Waals surface area (Å²) in [5.74, 6) is 0.174. The second kappa shape index (κ2) is 8.15. The number of nitrogen functional groups attached to an aromatic ring is 1. The maximum absolute atomic E-state index is 11.9. The van der Waals surface area contributed by atoms with Crippen molar-refractivity contribution in [3.63, 3.8) is 0 Å². The van der Waals surface area contributed by atoms with Crippen LogP contribution in [0, 0.1) is 0 Å². The summed E-state index contributed by atoms with van der Waals surface area (Å²) in [6.07, 6.45) is 1.77. The number of hydrogen-bond donors (Lipinski definition) is 1. The van der Waals surface area contributed by atoms with Crippen LogP contribution in [0.5, 0.6) is 0 Å². The monoisotopic (exact) mass is 347 g/mol. The Kier molecular flexibility index (Phi) is 7.12. The normalized spacial score (nSPS) is 17.4. The van der Waals surface area contributed by atoms with Crippen LogP contribution in [0.15, 0.2) is 24.3 Å². The van der Waals surface area contributed by atoms with Gasteiger partial charge in [0.05, 0.1) is 5.75 Å². The van der Waals surface area contributed by atoms with Gasteiger partial charge in [-0.15, -0.1) is 12.4 Å². The molecular weight excluding hydrogens is 322 g/mol. The lowest BCUT2D eigenvalue weighted by Crippen LogP contribution is -2.45. The average Bonchev–Trinajstić information content (AvgIpc) is 2.47. The summed E-state index contributed by atoms with van der Waals surface area (Å²) in [6, 6.07) is 8.07. The maximum Gasteiger partial charge on any atom is 0.213 e. The van der Waals surface area contributed by atoms with E-state index in [0.717, 1.165) is 38.2 Å². The molecule has 0 atom stereocenters. The molecular formula is C15H26ClN3O2S. The highest BCUT2D eigenvalue weighted by Gasteiger charge is 2.28. The van der Waals surface area contributed by atoms with E-state index in [-0.39, 0.29) is 24.2 Å². The van der Waals surface area contributed by atoms with Gasteiger partial charge in [-0.25, -0.2) is 12.7 Å². The van der Waals surface area contributed by atoms with Crippen molar-refractivity contribution >= 4 is 28.1 Å². The number of benzene rings is 1. The summed E-state index contributed by atoms with van der Waals surface area (Å²) in [5, 5.41) is 0. The highest BCUT2D eigenvalue weighted by Crippen LogP contribution is 2.20. The number of halogens is 1. The van der Waals surface area contributed by atoms with Gasteiger partial charge in [-0.1, -0.05) is 12.1 Å². The first kappa shape index (κ1) is 19.2. The minimum Gasteiger partial charge on any atom is -0.399 e. The first-order chi connectivity index (χ1) is 9.92. The Hall–Kier alpha value is -0.820. The van der Waals surface area contributed by atoms with Crippen molar-refractivity contribution in [2.75, 3.05) is 31.6 Å². The minimum absolute atomic E-state index is 0. The largest absolute Gasteiger partial charge is 0.399 e. The highest BCUT2D eigenvalue weighted by molar-refractivity contribution is 7.89. The summed E-state index contributed by atoms with van der Waals surface area (Å²) in [7, 11) is -1.38. The van der Waals surface area contributed by atoms with Gasteiger partial charge in [-0.2, -0.15) is 0 Å². The summed E-state index contributed by atoms with van der Waals surface area (Å²) in [5.41, 5.74) is 7.80. The fraction of sp³-hybridized carbons (Fsp3) is 0.600. The van der Waals surface area contributed by atoms with Crippen molar-refractivity contribution in [3.8, 4) is 0 Å². The summed E-state index contributed by atoms with van der Waals surface area (Å²) in [6.45, 7) is 4.41. The van der Waals surface area contributed by atoms with E-state index >= 15 is 0 Å². The third-order valence-electron chi connectivity index (χ3n) is 4.23. The third-order valence-corrected chi connectivity index (χ3v) is 6.14. The van der Waals surface area contributed by atoms with E-state index in [1.54, 1.807) is 18.3 Å². The molecule has 22 heavy (non-hydrogen) atoms. The van der Waals surface area contributed by atoms with Crippen molar-refractivity contribution in [2.45, 2.75) is 32.4 Å². The van der Waals surface area contributed by atoms with Crippen molar-refractivity contribution < 1.29 is 8.42 Å². The molecule has 5 nitrogen and oxygen atoms in total. The molecule has 2 rings (SSSR count). The van der Waals surface area contributed by atoms with E-state index in [1.807, 2.05) is 18.2 Å². The standard InChI is InChI=1S/C15H25N3O2S.ClH/c1-3-21(19,20)17(2)15-7-9-18(10-8-15)12-13-5-4-6-14(16)11-13;/h4-6,11,15H,3,7-10,12,16H2,1-2H3;1H. The van der Waals surface area contributed by atoms with E-state index in [4.69, 9.17) is 5.73 Å². The van der Waals surface area contributed by atoms with Crippen LogP contribution in [0.3, 0.4) is 0 Å². The van der Waals surface area contributed by atoms with Crippen molar-refractivity contribution in [2.24, 2.45) is 0 Å². The number of sulfonamides is 1. The topological polar surface area (TPSA) is 66.6 Å². The predicted molar refractivity (Wildman–Crippen MR) is 93.6 cm³/mol. The van der Waals surface area contributed by atoms with Gasteiger partial charge < -0.3 is 5.73 Å². The Morgan fingerprint density at radius 2 is 1.95 bits per heavy atom. The molecule has 0 radical (unpaired) electrons. The van der Waals surface area contributed by atoms with Crippen molar-refractivity contribution in [1.29, 1.82) is 0 Å². The van der Waals surface area contributed by atoms with Crippen LogP contribution in [-0.4, -0.2) is 49.6 Å².